The molecule has 1 N–H and O–H groups in total. The normalized spacial score (nSPS) is 31.2. The lowest BCUT2D eigenvalue weighted by Gasteiger charge is -2.37. The first-order chi connectivity index (χ1) is 8.46. The van der Waals surface area contributed by atoms with Crippen LogP contribution < -0.4 is 0 Å². The first-order valence-corrected chi connectivity index (χ1v) is 8.73. The topological polar surface area (TPSA) is 66.8 Å². The van der Waals surface area contributed by atoms with Crippen LogP contribution in [-0.4, -0.2) is 68.4 Å². The Balaban J connectivity index is 1.74. The SMILES string of the molecule is CS(=O)(=O)CCCC(O)C1CN2CCCC2CO1. The molecule has 0 saturated carbocycles. The van der Waals surface area contributed by atoms with E-state index in [-0.39, 0.29) is 11.9 Å². The number of aliphatic hydroxyl groups is 1. The van der Waals surface area contributed by atoms with E-state index in [1.807, 2.05) is 0 Å². The van der Waals surface area contributed by atoms with Crippen molar-refractivity contribution in [1.29, 1.82) is 0 Å². The second-order valence-electron chi connectivity index (χ2n) is 5.50. The van der Waals surface area contributed by atoms with Crippen LogP contribution in [0, 0.1) is 0 Å². The van der Waals surface area contributed by atoms with Gasteiger partial charge in [-0.1, -0.05) is 0 Å². The largest absolute Gasteiger partial charge is 0.390 e. The smallest absolute Gasteiger partial charge is 0.147 e. The summed E-state index contributed by atoms with van der Waals surface area (Å²) >= 11 is 0. The summed E-state index contributed by atoms with van der Waals surface area (Å²) in [6.45, 7) is 2.58. The Morgan fingerprint density at radius 2 is 2.28 bits per heavy atom. The summed E-state index contributed by atoms with van der Waals surface area (Å²) in [5.74, 6) is 0.142. The Bertz CT molecular complexity index is 370. The molecule has 3 unspecified atom stereocenters. The fourth-order valence-corrected chi connectivity index (χ4v) is 3.51. The van der Waals surface area contributed by atoms with Gasteiger partial charge in [-0.3, -0.25) is 4.90 Å². The van der Waals surface area contributed by atoms with E-state index in [2.05, 4.69) is 4.90 Å². The maximum atomic E-state index is 11.0. The lowest BCUT2D eigenvalue weighted by atomic mass is 10.1. The number of aliphatic hydroxyl groups excluding tert-OH is 1. The van der Waals surface area contributed by atoms with Crippen LogP contribution in [0.4, 0.5) is 0 Å². The predicted molar refractivity (Wildman–Crippen MR) is 69.3 cm³/mol. The summed E-state index contributed by atoms with van der Waals surface area (Å²) in [5, 5.41) is 10.0. The van der Waals surface area contributed by atoms with E-state index >= 15 is 0 Å². The molecule has 0 spiro atoms. The van der Waals surface area contributed by atoms with Gasteiger partial charge in [0.25, 0.3) is 0 Å². The maximum absolute atomic E-state index is 11.0. The number of rotatable bonds is 5. The second kappa shape index (κ2) is 5.86. The summed E-state index contributed by atoms with van der Waals surface area (Å²) in [6, 6.07) is 0.532. The summed E-state index contributed by atoms with van der Waals surface area (Å²) in [4.78, 5) is 2.38. The molecule has 3 atom stereocenters. The van der Waals surface area contributed by atoms with Crippen molar-refractivity contribution in [3.8, 4) is 0 Å². The standard InChI is InChI=1S/C12H23NO4S/c1-18(15,16)7-3-5-11(14)12-8-13-6-2-4-10(13)9-17-12/h10-12,14H,2-9H2,1H3. The fourth-order valence-electron chi connectivity index (χ4n) is 2.82. The van der Waals surface area contributed by atoms with Gasteiger partial charge in [-0.2, -0.15) is 0 Å². The third kappa shape index (κ3) is 3.91. The number of nitrogens with zero attached hydrogens (tertiary/aromatic N) is 1. The Hall–Kier alpha value is -0.170. The monoisotopic (exact) mass is 277 g/mol. The van der Waals surface area contributed by atoms with E-state index in [9.17, 15) is 13.5 Å². The number of morpholine rings is 1. The van der Waals surface area contributed by atoms with Crippen molar-refractivity contribution >= 4 is 9.84 Å². The van der Waals surface area contributed by atoms with Gasteiger partial charge in [0, 0.05) is 24.6 Å². The van der Waals surface area contributed by atoms with E-state index in [0.29, 0.717) is 25.5 Å². The first-order valence-electron chi connectivity index (χ1n) is 6.67. The molecule has 0 amide bonds. The van der Waals surface area contributed by atoms with Crippen LogP contribution in [-0.2, 0) is 14.6 Å². The van der Waals surface area contributed by atoms with Crippen LogP contribution in [0.5, 0.6) is 0 Å². The van der Waals surface area contributed by atoms with E-state index < -0.39 is 15.9 Å². The molecule has 0 aromatic rings. The summed E-state index contributed by atoms with van der Waals surface area (Å²) in [5.41, 5.74) is 0. The number of sulfone groups is 1. The molecule has 2 rings (SSSR count). The Kier molecular flexibility index (Phi) is 4.64. The fraction of sp³-hybridized carbons (Fsp3) is 1.00. The molecule has 2 aliphatic rings. The lowest BCUT2D eigenvalue weighted by Crippen LogP contribution is -2.50. The number of fused-ring (bicyclic) bond motifs is 1. The zero-order valence-corrected chi connectivity index (χ0v) is 11.7. The highest BCUT2D eigenvalue weighted by Gasteiger charge is 2.34. The van der Waals surface area contributed by atoms with E-state index in [1.165, 1.54) is 19.1 Å². The van der Waals surface area contributed by atoms with Crippen molar-refractivity contribution < 1.29 is 18.3 Å². The van der Waals surface area contributed by atoms with Gasteiger partial charge < -0.3 is 9.84 Å². The Morgan fingerprint density at radius 3 is 3.00 bits per heavy atom. The van der Waals surface area contributed by atoms with Crippen molar-refractivity contribution in [2.75, 3.05) is 31.7 Å². The molecule has 2 heterocycles. The van der Waals surface area contributed by atoms with Gasteiger partial charge in [-0.05, 0) is 32.2 Å². The minimum Gasteiger partial charge on any atom is -0.390 e. The van der Waals surface area contributed by atoms with Crippen LogP contribution in [0.2, 0.25) is 0 Å². The van der Waals surface area contributed by atoms with Crippen molar-refractivity contribution in [3.05, 3.63) is 0 Å². The quantitative estimate of drug-likeness (QED) is 0.768. The molecule has 18 heavy (non-hydrogen) atoms. The molecule has 0 aromatic heterocycles. The van der Waals surface area contributed by atoms with Gasteiger partial charge in [-0.25, -0.2) is 8.42 Å². The van der Waals surface area contributed by atoms with Gasteiger partial charge >= 0.3 is 0 Å². The summed E-state index contributed by atoms with van der Waals surface area (Å²) in [7, 11) is -2.93. The number of ether oxygens (including phenoxy) is 1. The van der Waals surface area contributed by atoms with Gasteiger partial charge in [0.2, 0.25) is 0 Å². The second-order valence-corrected chi connectivity index (χ2v) is 7.76. The molecule has 0 aliphatic carbocycles. The average molecular weight is 277 g/mol. The molecule has 2 fully saturated rings. The van der Waals surface area contributed by atoms with E-state index in [0.717, 1.165) is 13.1 Å². The predicted octanol–water partition coefficient (Wildman–Crippen LogP) is 0.0353. The third-order valence-corrected chi connectivity index (χ3v) is 4.89. The van der Waals surface area contributed by atoms with Gasteiger partial charge in [-0.15, -0.1) is 0 Å². The highest BCUT2D eigenvalue weighted by Crippen LogP contribution is 2.24. The molecule has 0 aromatic carbocycles. The zero-order valence-electron chi connectivity index (χ0n) is 10.9. The molecular formula is C12H23NO4S. The molecule has 6 heteroatoms. The maximum Gasteiger partial charge on any atom is 0.147 e. The van der Waals surface area contributed by atoms with Crippen LogP contribution in [0.3, 0.4) is 0 Å². The van der Waals surface area contributed by atoms with Gasteiger partial charge in [0.05, 0.1) is 18.8 Å². The minimum absolute atomic E-state index is 0.142. The Labute approximate surface area is 109 Å². The lowest BCUT2D eigenvalue weighted by molar-refractivity contribution is -0.103. The molecule has 0 bridgehead atoms. The van der Waals surface area contributed by atoms with Crippen LogP contribution in [0.15, 0.2) is 0 Å². The van der Waals surface area contributed by atoms with Gasteiger partial charge in [0.15, 0.2) is 0 Å². The first kappa shape index (κ1) is 14.2. The summed E-state index contributed by atoms with van der Waals surface area (Å²) < 4.78 is 27.7. The van der Waals surface area contributed by atoms with Crippen molar-refractivity contribution in [2.24, 2.45) is 0 Å². The van der Waals surface area contributed by atoms with Gasteiger partial charge in [0.1, 0.15) is 9.84 Å². The molecule has 106 valence electrons. The molecule has 2 aliphatic heterocycles. The molecular weight excluding hydrogens is 254 g/mol. The summed E-state index contributed by atoms with van der Waals surface area (Å²) in [6.07, 6.45) is 3.93. The van der Waals surface area contributed by atoms with Crippen LogP contribution >= 0.6 is 0 Å². The van der Waals surface area contributed by atoms with Crippen LogP contribution in [0.1, 0.15) is 25.7 Å². The minimum atomic E-state index is -2.93. The van der Waals surface area contributed by atoms with Crippen LogP contribution in [0.25, 0.3) is 0 Å². The Morgan fingerprint density at radius 1 is 1.50 bits per heavy atom. The molecule has 5 nitrogen and oxygen atoms in total. The van der Waals surface area contributed by atoms with E-state index in [4.69, 9.17) is 4.74 Å². The highest BCUT2D eigenvalue weighted by atomic mass is 32.2. The zero-order chi connectivity index (χ0) is 13.2. The molecule has 2 saturated heterocycles. The van der Waals surface area contributed by atoms with Crippen molar-refractivity contribution in [1.82, 2.24) is 4.90 Å². The molecule has 0 radical (unpaired) electrons. The van der Waals surface area contributed by atoms with Crippen molar-refractivity contribution in [2.45, 2.75) is 43.9 Å². The average Bonchev–Trinajstić information content (AvgIpc) is 2.73. The van der Waals surface area contributed by atoms with Crippen molar-refractivity contribution in [3.63, 3.8) is 0 Å². The van der Waals surface area contributed by atoms with E-state index in [1.54, 1.807) is 0 Å². The number of hydrogen-bond acceptors (Lipinski definition) is 5. The number of hydrogen-bond donors (Lipinski definition) is 1. The third-order valence-electron chi connectivity index (χ3n) is 3.86. The highest BCUT2D eigenvalue weighted by molar-refractivity contribution is 7.90.